The van der Waals surface area contributed by atoms with E-state index in [1.807, 2.05) is 52.2 Å². The van der Waals surface area contributed by atoms with Crippen molar-refractivity contribution in [3.05, 3.63) is 107 Å². The van der Waals surface area contributed by atoms with E-state index in [2.05, 4.69) is 32.3 Å². The van der Waals surface area contributed by atoms with Gasteiger partial charge in [-0.05, 0) is 85.2 Å². The highest BCUT2D eigenvalue weighted by Crippen LogP contribution is 2.35. The van der Waals surface area contributed by atoms with E-state index >= 15 is 0 Å². The number of hydrogen-bond donors (Lipinski definition) is 1. The number of halogens is 2. The number of piperidine rings is 2. The molecule has 0 bridgehead atoms. The smallest absolute Gasteiger partial charge is 0.289 e. The van der Waals surface area contributed by atoms with Gasteiger partial charge in [-0.1, -0.05) is 35.9 Å². The summed E-state index contributed by atoms with van der Waals surface area (Å²) in [4.78, 5) is 56.1. The van der Waals surface area contributed by atoms with Gasteiger partial charge in [0.25, 0.3) is 5.91 Å². The Morgan fingerprint density at radius 1 is 0.932 bits per heavy atom. The second-order valence-corrected chi connectivity index (χ2v) is 16.0. The fraction of sp³-hybridized carbons (Fsp3) is 0.400. The summed E-state index contributed by atoms with van der Waals surface area (Å²) in [6, 6.07) is 20.5. The molecule has 0 spiro atoms. The average molecular weight is 824 g/mol. The van der Waals surface area contributed by atoms with E-state index < -0.39 is 5.82 Å². The normalized spacial score (nSPS) is 17.4. The Balaban J connectivity index is 0.000000295. The van der Waals surface area contributed by atoms with Gasteiger partial charge in [-0.15, -0.1) is 0 Å². The Labute approximate surface area is 348 Å². The van der Waals surface area contributed by atoms with Crippen molar-refractivity contribution in [1.29, 1.82) is 0 Å². The standard InChI is InChI=1S/C34H34ClFN4O4.C11H17N3O/c1-38(2)34(43)30-20-27-29(36)11-9-24(32(27)44-30)22-4-6-23(7-5-22)40-17-15-39(16-18-40)14-13-21-3-8-25(28(35)19-21)26-10-12-31(41)37-33(26)42;15-11(13-7-2-1-3-8-13)5-10-14-9-4-6-12-14/h3-9,11,19-20,26H,10,12-18H2,1-2H3,(H,37,41,42);4,6,9H,1-3,5,7-8,10H2. The van der Waals surface area contributed by atoms with Crippen LogP contribution in [0.25, 0.3) is 22.1 Å². The van der Waals surface area contributed by atoms with Crippen LogP contribution in [0, 0.1) is 5.82 Å². The van der Waals surface area contributed by atoms with E-state index in [-0.39, 0.29) is 35.3 Å². The van der Waals surface area contributed by atoms with Crippen LogP contribution < -0.4 is 10.2 Å². The fourth-order valence-electron chi connectivity index (χ4n) is 7.96. The highest BCUT2D eigenvalue weighted by atomic mass is 35.5. The lowest BCUT2D eigenvalue weighted by atomic mass is 9.89. The van der Waals surface area contributed by atoms with Crippen LogP contribution in [0.5, 0.6) is 0 Å². The largest absolute Gasteiger partial charge is 0.450 e. The zero-order valence-corrected chi connectivity index (χ0v) is 34.4. The van der Waals surface area contributed by atoms with Gasteiger partial charge in [0.2, 0.25) is 17.7 Å². The van der Waals surface area contributed by atoms with Crippen LogP contribution in [-0.2, 0) is 27.3 Å². The molecular formula is C45H51ClFN7O5. The minimum absolute atomic E-state index is 0.109. The predicted molar refractivity (Wildman–Crippen MR) is 226 cm³/mol. The molecule has 59 heavy (non-hydrogen) atoms. The Morgan fingerprint density at radius 3 is 2.37 bits per heavy atom. The summed E-state index contributed by atoms with van der Waals surface area (Å²) >= 11 is 6.56. The topological polar surface area (TPSA) is 124 Å². The first-order valence-corrected chi connectivity index (χ1v) is 20.8. The Hall–Kier alpha value is -5.53. The number of carbonyl (C=O) groups excluding carboxylic acids is 4. The van der Waals surface area contributed by atoms with E-state index in [1.54, 1.807) is 26.4 Å². The van der Waals surface area contributed by atoms with Gasteiger partial charge in [0, 0.05) is 114 Å². The average Bonchev–Trinajstić information content (AvgIpc) is 3.95. The van der Waals surface area contributed by atoms with Gasteiger partial charge in [0.1, 0.15) is 11.4 Å². The number of anilines is 1. The highest BCUT2D eigenvalue weighted by molar-refractivity contribution is 6.31. The maximum absolute atomic E-state index is 14.6. The number of imide groups is 1. The van der Waals surface area contributed by atoms with Crippen molar-refractivity contribution >= 4 is 51.9 Å². The van der Waals surface area contributed by atoms with Crippen molar-refractivity contribution < 1.29 is 28.0 Å². The van der Waals surface area contributed by atoms with Crippen LogP contribution in [0.4, 0.5) is 10.1 Å². The number of benzene rings is 3. The first kappa shape index (κ1) is 41.6. The van der Waals surface area contributed by atoms with Crippen LogP contribution in [-0.4, -0.2) is 108 Å². The molecule has 12 nitrogen and oxygen atoms in total. The van der Waals surface area contributed by atoms with E-state index in [0.29, 0.717) is 41.8 Å². The van der Waals surface area contributed by atoms with Crippen LogP contribution in [0.1, 0.15) is 66.1 Å². The molecule has 5 aromatic rings. The lowest BCUT2D eigenvalue weighted by Crippen LogP contribution is -2.47. The molecule has 3 aromatic carbocycles. The molecule has 3 saturated heterocycles. The van der Waals surface area contributed by atoms with E-state index in [9.17, 15) is 23.6 Å². The summed E-state index contributed by atoms with van der Waals surface area (Å²) in [5, 5.41) is 7.35. The quantitative estimate of drug-likeness (QED) is 0.153. The fourth-order valence-corrected chi connectivity index (χ4v) is 8.29. The van der Waals surface area contributed by atoms with Gasteiger partial charge < -0.3 is 19.1 Å². The molecule has 0 aliphatic carbocycles. The number of fused-ring (bicyclic) bond motifs is 1. The molecule has 5 heterocycles. The molecule has 3 aliphatic heterocycles. The van der Waals surface area contributed by atoms with Crippen molar-refractivity contribution in [3.63, 3.8) is 0 Å². The van der Waals surface area contributed by atoms with E-state index in [4.69, 9.17) is 16.0 Å². The third-order valence-electron chi connectivity index (χ3n) is 11.4. The lowest BCUT2D eigenvalue weighted by Gasteiger charge is -2.36. The number of carbonyl (C=O) groups is 4. The van der Waals surface area contributed by atoms with Crippen molar-refractivity contribution in [1.82, 2.24) is 29.8 Å². The number of rotatable bonds is 10. The van der Waals surface area contributed by atoms with Gasteiger partial charge in [-0.2, -0.15) is 5.10 Å². The van der Waals surface area contributed by atoms with Gasteiger partial charge in [-0.3, -0.25) is 34.1 Å². The zero-order valence-electron chi connectivity index (χ0n) is 33.7. The molecule has 1 atom stereocenters. The number of amides is 4. The van der Waals surface area contributed by atoms with Gasteiger partial charge in [-0.25, -0.2) is 4.39 Å². The molecule has 0 radical (unpaired) electrons. The van der Waals surface area contributed by atoms with Gasteiger partial charge in [0.15, 0.2) is 5.76 Å². The summed E-state index contributed by atoms with van der Waals surface area (Å²) in [5.74, 6) is -1.25. The number of nitrogens with zero attached hydrogens (tertiary/aromatic N) is 6. The molecule has 1 N–H and O–H groups in total. The number of piperazine rings is 1. The van der Waals surface area contributed by atoms with Crippen LogP contribution in [0.2, 0.25) is 5.02 Å². The van der Waals surface area contributed by atoms with Crippen molar-refractivity contribution in [2.75, 3.05) is 64.8 Å². The number of hydrogen-bond acceptors (Lipinski definition) is 8. The summed E-state index contributed by atoms with van der Waals surface area (Å²) in [7, 11) is 3.26. The van der Waals surface area contributed by atoms with Crippen molar-refractivity contribution in [2.45, 2.75) is 57.4 Å². The molecule has 0 saturated carbocycles. The molecule has 2 aromatic heterocycles. The highest BCUT2D eigenvalue weighted by Gasteiger charge is 2.29. The second-order valence-electron chi connectivity index (χ2n) is 15.6. The lowest BCUT2D eigenvalue weighted by molar-refractivity contribution is -0.134. The minimum atomic E-state index is -0.424. The Kier molecular flexibility index (Phi) is 13.4. The third kappa shape index (κ3) is 10.2. The van der Waals surface area contributed by atoms with Crippen molar-refractivity contribution in [2.24, 2.45) is 0 Å². The minimum Gasteiger partial charge on any atom is -0.450 e. The molecule has 3 aliphatic rings. The SMILES string of the molecule is CN(C)C(=O)c1cc2c(F)ccc(-c3ccc(N4CCN(CCc5ccc(C6CCC(=O)NC6=O)c(Cl)c5)CC4)cc3)c2o1.O=C(CCn1cccn1)N1CCCCC1. The number of furan rings is 1. The zero-order chi connectivity index (χ0) is 41.5. The third-order valence-corrected chi connectivity index (χ3v) is 11.7. The number of nitrogens with one attached hydrogen (secondary N) is 1. The molecular weight excluding hydrogens is 773 g/mol. The first-order chi connectivity index (χ1) is 28.5. The Bertz CT molecular complexity index is 2260. The van der Waals surface area contributed by atoms with Crippen molar-refractivity contribution in [3.8, 4) is 11.1 Å². The van der Waals surface area contributed by atoms with Crippen LogP contribution in [0.3, 0.4) is 0 Å². The van der Waals surface area contributed by atoms with E-state index in [0.717, 1.165) is 93.0 Å². The molecule has 14 heteroatoms. The number of aryl methyl sites for hydroxylation is 1. The number of aromatic nitrogens is 2. The summed E-state index contributed by atoms with van der Waals surface area (Å²) in [5.41, 5.74) is 5.00. The molecule has 8 rings (SSSR count). The maximum atomic E-state index is 14.6. The summed E-state index contributed by atoms with van der Waals surface area (Å²) in [6.45, 7) is 7.13. The predicted octanol–water partition coefficient (Wildman–Crippen LogP) is 6.76. The molecule has 4 amide bonds. The van der Waals surface area contributed by atoms with Gasteiger partial charge in [0.05, 0.1) is 11.3 Å². The first-order valence-electron chi connectivity index (χ1n) is 20.4. The van der Waals surface area contributed by atoms with E-state index in [1.165, 1.54) is 23.5 Å². The monoisotopic (exact) mass is 823 g/mol. The second kappa shape index (κ2) is 19.0. The maximum Gasteiger partial charge on any atom is 0.289 e. The molecule has 3 fully saturated rings. The Morgan fingerprint density at radius 2 is 1.69 bits per heavy atom. The summed E-state index contributed by atoms with van der Waals surface area (Å²) in [6.07, 6.45) is 9.46. The number of likely N-dealkylation sites (tertiary alicyclic amines) is 1. The van der Waals surface area contributed by atoms with Gasteiger partial charge >= 0.3 is 0 Å². The van der Waals surface area contributed by atoms with Crippen LogP contribution in [0.15, 0.2) is 83.5 Å². The molecule has 1 unspecified atom stereocenters. The van der Waals surface area contributed by atoms with Crippen LogP contribution >= 0.6 is 11.6 Å². The molecule has 310 valence electrons. The summed E-state index contributed by atoms with van der Waals surface area (Å²) < 4.78 is 22.2.